The lowest BCUT2D eigenvalue weighted by Gasteiger charge is -2.30. The SMILES string of the molecule is CCOC(=O)C1CCCC(NCC2CCCC2C)C1. The molecular formula is C16H29NO2. The van der Waals surface area contributed by atoms with E-state index in [4.69, 9.17) is 4.74 Å². The van der Waals surface area contributed by atoms with Crippen LogP contribution in [0.5, 0.6) is 0 Å². The maximum atomic E-state index is 11.8. The van der Waals surface area contributed by atoms with Gasteiger partial charge in [0.25, 0.3) is 0 Å². The maximum Gasteiger partial charge on any atom is 0.308 e. The van der Waals surface area contributed by atoms with Crippen molar-refractivity contribution in [2.75, 3.05) is 13.2 Å². The first-order valence-electron chi connectivity index (χ1n) is 8.10. The van der Waals surface area contributed by atoms with Crippen molar-refractivity contribution in [2.45, 2.75) is 64.8 Å². The molecule has 3 nitrogen and oxygen atoms in total. The molecule has 2 aliphatic carbocycles. The zero-order chi connectivity index (χ0) is 13.7. The van der Waals surface area contributed by atoms with Crippen molar-refractivity contribution >= 4 is 5.97 Å². The molecule has 0 spiro atoms. The van der Waals surface area contributed by atoms with Gasteiger partial charge in [-0.25, -0.2) is 0 Å². The summed E-state index contributed by atoms with van der Waals surface area (Å²) in [7, 11) is 0. The fourth-order valence-corrected chi connectivity index (χ4v) is 3.69. The lowest BCUT2D eigenvalue weighted by Crippen LogP contribution is -2.39. The molecule has 0 aromatic carbocycles. The molecule has 2 fully saturated rings. The van der Waals surface area contributed by atoms with Crippen LogP contribution in [-0.4, -0.2) is 25.2 Å². The predicted molar refractivity (Wildman–Crippen MR) is 76.9 cm³/mol. The van der Waals surface area contributed by atoms with Gasteiger partial charge < -0.3 is 10.1 Å². The highest BCUT2D eigenvalue weighted by atomic mass is 16.5. The summed E-state index contributed by atoms with van der Waals surface area (Å²) in [5.74, 6) is 1.87. The lowest BCUT2D eigenvalue weighted by molar-refractivity contribution is -0.149. The first kappa shape index (κ1) is 14.8. The van der Waals surface area contributed by atoms with E-state index in [1.807, 2.05) is 6.92 Å². The summed E-state index contributed by atoms with van der Waals surface area (Å²) in [5, 5.41) is 3.71. The van der Waals surface area contributed by atoms with Crippen molar-refractivity contribution in [1.29, 1.82) is 0 Å². The third kappa shape index (κ3) is 4.20. The van der Waals surface area contributed by atoms with Crippen LogP contribution in [0.4, 0.5) is 0 Å². The molecule has 1 N–H and O–H groups in total. The normalized spacial score (nSPS) is 35.3. The fraction of sp³-hybridized carbons (Fsp3) is 0.938. The van der Waals surface area contributed by atoms with Gasteiger partial charge in [0.2, 0.25) is 0 Å². The molecule has 110 valence electrons. The van der Waals surface area contributed by atoms with E-state index in [-0.39, 0.29) is 11.9 Å². The monoisotopic (exact) mass is 267 g/mol. The fourth-order valence-electron chi connectivity index (χ4n) is 3.69. The van der Waals surface area contributed by atoms with Gasteiger partial charge >= 0.3 is 5.97 Å². The van der Waals surface area contributed by atoms with Crippen LogP contribution in [0.1, 0.15) is 58.8 Å². The third-order valence-corrected chi connectivity index (χ3v) is 5.00. The maximum absolute atomic E-state index is 11.8. The van der Waals surface area contributed by atoms with Crippen LogP contribution in [-0.2, 0) is 9.53 Å². The Labute approximate surface area is 117 Å². The molecule has 2 rings (SSSR count). The van der Waals surface area contributed by atoms with Gasteiger partial charge in [-0.15, -0.1) is 0 Å². The number of rotatable bonds is 5. The van der Waals surface area contributed by atoms with Gasteiger partial charge in [0.05, 0.1) is 12.5 Å². The van der Waals surface area contributed by atoms with Crippen LogP contribution in [0.25, 0.3) is 0 Å². The average molecular weight is 267 g/mol. The summed E-state index contributed by atoms with van der Waals surface area (Å²) in [6.07, 6.45) is 8.52. The molecule has 0 amide bonds. The Morgan fingerprint density at radius 2 is 2.00 bits per heavy atom. The van der Waals surface area contributed by atoms with Crippen molar-refractivity contribution in [3.63, 3.8) is 0 Å². The molecular weight excluding hydrogens is 238 g/mol. The highest BCUT2D eigenvalue weighted by Crippen LogP contribution is 2.31. The van der Waals surface area contributed by atoms with Gasteiger partial charge in [-0.1, -0.05) is 26.2 Å². The van der Waals surface area contributed by atoms with E-state index in [9.17, 15) is 4.79 Å². The standard InChI is InChI=1S/C16H29NO2/c1-3-19-16(18)13-7-5-9-15(10-13)17-11-14-8-4-6-12(14)2/h12-15,17H,3-11H2,1-2H3. The molecule has 2 saturated carbocycles. The van der Waals surface area contributed by atoms with Crippen LogP contribution in [0.3, 0.4) is 0 Å². The molecule has 4 unspecified atom stereocenters. The molecule has 3 heteroatoms. The number of carbonyl (C=O) groups is 1. The van der Waals surface area contributed by atoms with Crippen molar-refractivity contribution in [1.82, 2.24) is 5.32 Å². The van der Waals surface area contributed by atoms with E-state index in [1.165, 1.54) is 25.7 Å². The van der Waals surface area contributed by atoms with Crippen molar-refractivity contribution in [3.05, 3.63) is 0 Å². The van der Waals surface area contributed by atoms with Crippen LogP contribution >= 0.6 is 0 Å². The van der Waals surface area contributed by atoms with Crippen molar-refractivity contribution in [3.8, 4) is 0 Å². The Hall–Kier alpha value is -0.570. The molecule has 4 atom stereocenters. The highest BCUT2D eigenvalue weighted by molar-refractivity contribution is 5.72. The zero-order valence-corrected chi connectivity index (χ0v) is 12.5. The largest absolute Gasteiger partial charge is 0.466 e. The Balaban J connectivity index is 1.73. The summed E-state index contributed by atoms with van der Waals surface area (Å²) in [4.78, 5) is 11.8. The van der Waals surface area contributed by atoms with Gasteiger partial charge in [-0.05, 0) is 51.0 Å². The van der Waals surface area contributed by atoms with Gasteiger partial charge in [-0.3, -0.25) is 4.79 Å². The van der Waals surface area contributed by atoms with E-state index in [2.05, 4.69) is 12.2 Å². The lowest BCUT2D eigenvalue weighted by atomic mass is 9.85. The number of nitrogens with one attached hydrogen (secondary N) is 1. The van der Waals surface area contributed by atoms with Crippen LogP contribution in [0.2, 0.25) is 0 Å². The molecule has 0 aliphatic heterocycles. The Morgan fingerprint density at radius 3 is 2.68 bits per heavy atom. The smallest absolute Gasteiger partial charge is 0.308 e. The second kappa shape index (κ2) is 7.28. The topological polar surface area (TPSA) is 38.3 Å². The first-order chi connectivity index (χ1) is 9.20. The summed E-state index contributed by atoms with van der Waals surface area (Å²) in [5.41, 5.74) is 0. The third-order valence-electron chi connectivity index (χ3n) is 5.00. The highest BCUT2D eigenvalue weighted by Gasteiger charge is 2.29. The van der Waals surface area contributed by atoms with E-state index >= 15 is 0 Å². The molecule has 19 heavy (non-hydrogen) atoms. The zero-order valence-electron chi connectivity index (χ0n) is 12.5. The minimum atomic E-state index is 0.0169. The number of hydrogen-bond acceptors (Lipinski definition) is 3. The Bertz CT molecular complexity index is 292. The summed E-state index contributed by atoms with van der Waals surface area (Å²) in [6.45, 7) is 5.91. The predicted octanol–water partition coefficient (Wildman–Crippen LogP) is 3.13. The van der Waals surface area contributed by atoms with Gasteiger partial charge in [0.15, 0.2) is 0 Å². The second-order valence-corrected chi connectivity index (χ2v) is 6.39. The minimum Gasteiger partial charge on any atom is -0.466 e. The summed E-state index contributed by atoms with van der Waals surface area (Å²) in [6, 6.07) is 0.524. The number of hydrogen-bond donors (Lipinski definition) is 1. The summed E-state index contributed by atoms with van der Waals surface area (Å²) >= 11 is 0. The molecule has 0 saturated heterocycles. The number of ether oxygens (including phenoxy) is 1. The van der Waals surface area contributed by atoms with E-state index in [0.29, 0.717) is 12.6 Å². The van der Waals surface area contributed by atoms with E-state index in [1.54, 1.807) is 0 Å². The number of carbonyl (C=O) groups excluding carboxylic acids is 1. The molecule has 0 radical (unpaired) electrons. The molecule has 0 heterocycles. The van der Waals surface area contributed by atoms with Crippen LogP contribution in [0, 0.1) is 17.8 Å². The van der Waals surface area contributed by atoms with Crippen molar-refractivity contribution < 1.29 is 9.53 Å². The quantitative estimate of drug-likeness (QED) is 0.778. The van der Waals surface area contributed by atoms with Crippen LogP contribution in [0.15, 0.2) is 0 Å². The van der Waals surface area contributed by atoms with Gasteiger partial charge in [-0.2, -0.15) is 0 Å². The Kier molecular flexibility index (Phi) is 5.68. The molecule has 2 aliphatic rings. The summed E-state index contributed by atoms with van der Waals surface area (Å²) < 4.78 is 5.16. The first-order valence-corrected chi connectivity index (χ1v) is 8.10. The minimum absolute atomic E-state index is 0.0169. The molecule has 0 aromatic heterocycles. The molecule has 0 bridgehead atoms. The number of esters is 1. The van der Waals surface area contributed by atoms with Crippen molar-refractivity contribution in [2.24, 2.45) is 17.8 Å². The molecule has 0 aromatic rings. The van der Waals surface area contributed by atoms with E-state index in [0.717, 1.165) is 37.6 Å². The van der Waals surface area contributed by atoms with Crippen LogP contribution < -0.4 is 5.32 Å². The van der Waals surface area contributed by atoms with Gasteiger partial charge in [0.1, 0.15) is 0 Å². The second-order valence-electron chi connectivity index (χ2n) is 6.39. The van der Waals surface area contributed by atoms with Gasteiger partial charge in [0, 0.05) is 6.04 Å². The van der Waals surface area contributed by atoms with E-state index < -0.39 is 0 Å². The average Bonchev–Trinajstić information content (AvgIpc) is 2.82. The Morgan fingerprint density at radius 1 is 1.21 bits per heavy atom.